The van der Waals surface area contributed by atoms with E-state index in [1.54, 1.807) is 6.20 Å². The Morgan fingerprint density at radius 1 is 0.943 bits per heavy atom. The third kappa shape index (κ3) is 8.00. The van der Waals surface area contributed by atoms with E-state index in [1.807, 2.05) is 66.7 Å². The van der Waals surface area contributed by atoms with Crippen LogP contribution < -0.4 is 19.5 Å². The van der Waals surface area contributed by atoms with Crippen LogP contribution in [0.15, 0.2) is 72.9 Å². The molecular formula is C28H33N3O4. The van der Waals surface area contributed by atoms with Gasteiger partial charge >= 0.3 is 0 Å². The van der Waals surface area contributed by atoms with Crippen LogP contribution in [0.1, 0.15) is 31.2 Å². The van der Waals surface area contributed by atoms with Gasteiger partial charge in [0.2, 0.25) is 11.8 Å². The fourth-order valence-corrected chi connectivity index (χ4v) is 3.96. The molecule has 2 aromatic carbocycles. The Balaban J connectivity index is 1.39. The number of carbonyl (C=O) groups excluding carboxylic acids is 1. The summed E-state index contributed by atoms with van der Waals surface area (Å²) in [7, 11) is 0. The molecule has 0 atom stereocenters. The van der Waals surface area contributed by atoms with Crippen molar-refractivity contribution in [3.05, 3.63) is 78.5 Å². The Kier molecular flexibility index (Phi) is 9.36. The van der Waals surface area contributed by atoms with Gasteiger partial charge in [0, 0.05) is 18.3 Å². The highest BCUT2D eigenvalue weighted by Gasteiger charge is 2.16. The molecule has 4 rings (SSSR count). The SMILES string of the molecule is O=C(CN1CCCCCCOc2ccccc2Oc2ncccc2C1)NCCOc1ccccc1. The van der Waals surface area contributed by atoms with Crippen LogP contribution in [-0.2, 0) is 11.3 Å². The van der Waals surface area contributed by atoms with Gasteiger partial charge in [-0.2, -0.15) is 0 Å². The van der Waals surface area contributed by atoms with Gasteiger partial charge in [0.1, 0.15) is 12.4 Å². The van der Waals surface area contributed by atoms with E-state index in [0.29, 0.717) is 44.5 Å². The number of nitrogens with zero attached hydrogens (tertiary/aromatic N) is 2. The van der Waals surface area contributed by atoms with Crippen LogP contribution >= 0.6 is 0 Å². The number of aromatic nitrogens is 1. The number of para-hydroxylation sites is 3. The number of hydrogen-bond acceptors (Lipinski definition) is 6. The monoisotopic (exact) mass is 475 g/mol. The van der Waals surface area contributed by atoms with E-state index < -0.39 is 0 Å². The summed E-state index contributed by atoms with van der Waals surface area (Å²) in [5.74, 6) is 2.67. The normalized spacial score (nSPS) is 14.9. The predicted octanol–water partition coefficient (Wildman–Crippen LogP) is 4.82. The first-order valence-corrected chi connectivity index (χ1v) is 12.3. The summed E-state index contributed by atoms with van der Waals surface area (Å²) in [5.41, 5.74) is 0.930. The zero-order valence-corrected chi connectivity index (χ0v) is 20.0. The minimum absolute atomic E-state index is 0.0205. The zero-order chi connectivity index (χ0) is 24.1. The Morgan fingerprint density at radius 3 is 2.63 bits per heavy atom. The van der Waals surface area contributed by atoms with Gasteiger partial charge in [0.15, 0.2) is 11.5 Å². The van der Waals surface area contributed by atoms with Gasteiger partial charge in [-0.15, -0.1) is 0 Å². The van der Waals surface area contributed by atoms with Crippen LogP contribution in [0.25, 0.3) is 0 Å². The van der Waals surface area contributed by atoms with Gasteiger partial charge in [0.05, 0.1) is 19.7 Å². The highest BCUT2D eigenvalue weighted by atomic mass is 16.5. The number of fused-ring (bicyclic) bond motifs is 2. The summed E-state index contributed by atoms with van der Waals surface area (Å²) in [6.07, 6.45) is 5.88. The summed E-state index contributed by atoms with van der Waals surface area (Å²) in [5, 5.41) is 2.97. The third-order valence-corrected chi connectivity index (χ3v) is 5.73. The van der Waals surface area contributed by atoms with Crippen molar-refractivity contribution in [3.63, 3.8) is 0 Å². The lowest BCUT2D eigenvalue weighted by molar-refractivity contribution is -0.122. The van der Waals surface area contributed by atoms with Gasteiger partial charge < -0.3 is 19.5 Å². The van der Waals surface area contributed by atoms with Crippen molar-refractivity contribution in [1.82, 2.24) is 15.2 Å². The molecule has 0 aliphatic carbocycles. The summed E-state index contributed by atoms with van der Waals surface area (Å²) in [4.78, 5) is 19.3. The number of ether oxygens (including phenoxy) is 3. The maximum Gasteiger partial charge on any atom is 0.234 e. The van der Waals surface area contributed by atoms with Crippen LogP contribution in [0.3, 0.4) is 0 Å². The molecule has 35 heavy (non-hydrogen) atoms. The Morgan fingerprint density at radius 2 is 1.74 bits per heavy atom. The quantitative estimate of drug-likeness (QED) is 0.515. The lowest BCUT2D eigenvalue weighted by atomic mass is 10.1. The number of hydrogen-bond donors (Lipinski definition) is 1. The first-order chi connectivity index (χ1) is 17.3. The van der Waals surface area contributed by atoms with E-state index >= 15 is 0 Å². The molecule has 1 N–H and O–H groups in total. The third-order valence-electron chi connectivity index (χ3n) is 5.73. The first-order valence-electron chi connectivity index (χ1n) is 12.3. The second kappa shape index (κ2) is 13.3. The Hall–Kier alpha value is -3.58. The minimum Gasteiger partial charge on any atom is -0.492 e. The summed E-state index contributed by atoms with van der Waals surface area (Å²) in [6.45, 7) is 3.23. The molecule has 0 fully saturated rings. The molecule has 7 nitrogen and oxygen atoms in total. The van der Waals surface area contributed by atoms with Crippen molar-refractivity contribution in [2.24, 2.45) is 0 Å². The molecule has 3 aromatic rings. The average Bonchev–Trinajstić information content (AvgIpc) is 2.88. The van der Waals surface area contributed by atoms with Crippen LogP contribution in [0.5, 0.6) is 23.1 Å². The van der Waals surface area contributed by atoms with E-state index in [1.165, 1.54) is 0 Å². The number of benzene rings is 2. The van der Waals surface area contributed by atoms with Gasteiger partial charge in [0.25, 0.3) is 0 Å². The van der Waals surface area contributed by atoms with Crippen molar-refractivity contribution in [2.45, 2.75) is 32.2 Å². The van der Waals surface area contributed by atoms with E-state index in [2.05, 4.69) is 15.2 Å². The number of rotatable bonds is 6. The maximum atomic E-state index is 12.7. The molecule has 7 heteroatoms. The number of amides is 1. The highest BCUT2D eigenvalue weighted by Crippen LogP contribution is 2.32. The first kappa shape index (κ1) is 24.5. The highest BCUT2D eigenvalue weighted by molar-refractivity contribution is 5.78. The van der Waals surface area contributed by atoms with Crippen LogP contribution in [0.2, 0.25) is 0 Å². The number of pyridine rings is 1. The van der Waals surface area contributed by atoms with Crippen molar-refractivity contribution < 1.29 is 19.0 Å². The van der Waals surface area contributed by atoms with E-state index in [0.717, 1.165) is 49.3 Å². The number of carbonyl (C=O) groups is 1. The van der Waals surface area contributed by atoms with Gasteiger partial charge in [-0.25, -0.2) is 4.98 Å². The predicted molar refractivity (Wildman–Crippen MR) is 135 cm³/mol. The molecule has 184 valence electrons. The fraction of sp³-hybridized carbons (Fsp3) is 0.357. The summed E-state index contributed by atoms with van der Waals surface area (Å²) in [6, 6.07) is 21.2. The van der Waals surface area contributed by atoms with Gasteiger partial charge in [-0.3, -0.25) is 9.69 Å². The van der Waals surface area contributed by atoms with Crippen LogP contribution in [0, 0.1) is 0 Å². The molecule has 0 saturated carbocycles. The standard InChI is InChI=1S/C28H33N3O4/c32-27(29-17-20-33-24-12-4-3-5-13-24)22-31-18-8-1-2-9-19-34-25-14-6-7-15-26(25)35-28-23(21-31)11-10-16-30-28/h3-7,10-16H,1-2,8-9,17-22H2,(H,29,32). The Bertz CT molecular complexity index is 1060. The van der Waals surface area contributed by atoms with Gasteiger partial charge in [-0.05, 0) is 49.7 Å². The van der Waals surface area contributed by atoms with E-state index in [9.17, 15) is 4.79 Å². The second-order valence-electron chi connectivity index (χ2n) is 8.50. The number of nitrogens with one attached hydrogen (secondary N) is 1. The molecule has 1 aromatic heterocycles. The summed E-state index contributed by atoms with van der Waals surface area (Å²) < 4.78 is 17.8. The summed E-state index contributed by atoms with van der Waals surface area (Å²) >= 11 is 0. The molecule has 0 unspecified atom stereocenters. The van der Waals surface area contributed by atoms with Crippen LogP contribution in [0.4, 0.5) is 0 Å². The van der Waals surface area contributed by atoms with Gasteiger partial charge in [-0.1, -0.05) is 49.2 Å². The van der Waals surface area contributed by atoms with E-state index in [-0.39, 0.29) is 5.91 Å². The average molecular weight is 476 g/mol. The Labute approximate surface area is 207 Å². The molecule has 0 saturated heterocycles. The smallest absolute Gasteiger partial charge is 0.234 e. The minimum atomic E-state index is -0.0205. The van der Waals surface area contributed by atoms with E-state index in [4.69, 9.17) is 14.2 Å². The topological polar surface area (TPSA) is 72.9 Å². The fourth-order valence-electron chi connectivity index (χ4n) is 3.96. The molecule has 2 heterocycles. The van der Waals surface area contributed by atoms with Crippen LogP contribution in [-0.4, -0.2) is 48.6 Å². The largest absolute Gasteiger partial charge is 0.492 e. The second-order valence-corrected chi connectivity index (χ2v) is 8.50. The van der Waals surface area contributed by atoms with Crippen molar-refractivity contribution in [2.75, 3.05) is 32.8 Å². The molecular weight excluding hydrogens is 442 g/mol. The molecule has 1 aliphatic rings. The van der Waals surface area contributed by atoms with Crippen molar-refractivity contribution in [3.8, 4) is 23.1 Å². The lowest BCUT2D eigenvalue weighted by Gasteiger charge is -2.23. The molecule has 1 amide bonds. The molecule has 1 aliphatic heterocycles. The van der Waals surface area contributed by atoms with Crippen molar-refractivity contribution in [1.29, 1.82) is 0 Å². The molecule has 0 bridgehead atoms. The maximum absolute atomic E-state index is 12.7. The molecule has 0 radical (unpaired) electrons. The van der Waals surface area contributed by atoms with Crippen molar-refractivity contribution >= 4 is 5.91 Å². The zero-order valence-electron chi connectivity index (χ0n) is 20.0. The molecule has 0 spiro atoms. The lowest BCUT2D eigenvalue weighted by Crippen LogP contribution is -2.39.